The molecule has 2 rings (SSSR count). The Labute approximate surface area is 113 Å². The predicted octanol–water partition coefficient (Wildman–Crippen LogP) is 1.26. The highest BCUT2D eigenvalue weighted by Crippen LogP contribution is 2.24. The molecule has 5 nitrogen and oxygen atoms in total. The van der Waals surface area contributed by atoms with Crippen LogP contribution in [0.25, 0.3) is 0 Å². The largest absolute Gasteiger partial charge is 0.393 e. The van der Waals surface area contributed by atoms with Gasteiger partial charge in [0.05, 0.1) is 12.6 Å². The molecule has 1 amide bonds. The number of carbonyl (C=O) groups is 1. The number of hydrogen-bond acceptors (Lipinski definition) is 4. The van der Waals surface area contributed by atoms with E-state index in [0.717, 1.165) is 30.7 Å². The van der Waals surface area contributed by atoms with Crippen molar-refractivity contribution in [2.45, 2.75) is 52.2 Å². The van der Waals surface area contributed by atoms with Gasteiger partial charge in [0.1, 0.15) is 5.82 Å². The normalized spacial score (nSPS) is 23.1. The summed E-state index contributed by atoms with van der Waals surface area (Å²) in [5, 5.41) is 12.5. The number of aromatic nitrogens is 2. The molecule has 1 aliphatic rings. The van der Waals surface area contributed by atoms with E-state index in [9.17, 15) is 9.90 Å². The van der Waals surface area contributed by atoms with Gasteiger partial charge < -0.3 is 10.4 Å². The molecule has 0 saturated heterocycles. The molecule has 1 heterocycles. The molecule has 2 N–H and O–H groups in total. The van der Waals surface area contributed by atoms with E-state index in [0.29, 0.717) is 18.8 Å². The van der Waals surface area contributed by atoms with E-state index in [1.807, 2.05) is 19.9 Å². The highest BCUT2D eigenvalue weighted by Gasteiger charge is 2.25. The topological polar surface area (TPSA) is 75.1 Å². The summed E-state index contributed by atoms with van der Waals surface area (Å²) in [6.07, 6.45) is 2.82. The van der Waals surface area contributed by atoms with Gasteiger partial charge in [0.25, 0.3) is 0 Å². The lowest BCUT2D eigenvalue weighted by molar-refractivity contribution is -0.127. The molecule has 0 unspecified atom stereocenters. The summed E-state index contributed by atoms with van der Waals surface area (Å²) in [6, 6.07) is 1.91. The molecule has 5 heteroatoms. The summed E-state index contributed by atoms with van der Waals surface area (Å²) in [7, 11) is 0. The maximum absolute atomic E-state index is 12.0. The van der Waals surface area contributed by atoms with Gasteiger partial charge >= 0.3 is 0 Å². The van der Waals surface area contributed by atoms with Crippen molar-refractivity contribution in [1.82, 2.24) is 15.3 Å². The minimum Gasteiger partial charge on any atom is -0.393 e. The van der Waals surface area contributed by atoms with Gasteiger partial charge in [-0.05, 0) is 39.2 Å². The van der Waals surface area contributed by atoms with E-state index in [1.165, 1.54) is 0 Å². The van der Waals surface area contributed by atoms with E-state index in [4.69, 9.17) is 0 Å². The number of carbonyl (C=O) groups excluding carboxylic acids is 1. The minimum atomic E-state index is -0.332. The van der Waals surface area contributed by atoms with Crippen molar-refractivity contribution in [1.29, 1.82) is 0 Å². The van der Waals surface area contributed by atoms with Crippen molar-refractivity contribution in [3.63, 3.8) is 0 Å². The van der Waals surface area contributed by atoms with Crippen LogP contribution in [0.2, 0.25) is 0 Å². The lowest BCUT2D eigenvalue weighted by Gasteiger charge is -2.24. The van der Waals surface area contributed by atoms with Crippen molar-refractivity contribution in [3.05, 3.63) is 23.3 Å². The second kappa shape index (κ2) is 6.10. The summed E-state index contributed by atoms with van der Waals surface area (Å²) >= 11 is 0. The van der Waals surface area contributed by atoms with E-state index in [1.54, 1.807) is 0 Å². The van der Waals surface area contributed by atoms with Crippen LogP contribution in [0.1, 0.15) is 42.9 Å². The van der Waals surface area contributed by atoms with Crippen LogP contribution >= 0.6 is 0 Å². The Hall–Kier alpha value is -1.49. The van der Waals surface area contributed by atoms with Crippen LogP contribution in [0.15, 0.2) is 6.07 Å². The van der Waals surface area contributed by atoms with Crippen molar-refractivity contribution in [2.75, 3.05) is 0 Å². The Morgan fingerprint density at radius 3 is 2.68 bits per heavy atom. The molecular weight excluding hydrogens is 242 g/mol. The maximum atomic E-state index is 12.0. The van der Waals surface area contributed by atoms with Crippen LogP contribution in [0.4, 0.5) is 0 Å². The Balaban J connectivity index is 1.89. The van der Waals surface area contributed by atoms with Gasteiger partial charge in [-0.3, -0.25) is 4.79 Å². The van der Waals surface area contributed by atoms with Gasteiger partial charge in [-0.15, -0.1) is 0 Å². The zero-order valence-corrected chi connectivity index (χ0v) is 11.5. The fraction of sp³-hybridized carbons (Fsp3) is 0.643. The van der Waals surface area contributed by atoms with Gasteiger partial charge in [-0.1, -0.05) is 6.42 Å². The fourth-order valence-electron chi connectivity index (χ4n) is 2.59. The quantitative estimate of drug-likeness (QED) is 0.861. The SMILES string of the molecule is Cc1cc(C)nc(CNC(=O)[C@@H]2CCC[C@@H](O)C2)n1. The van der Waals surface area contributed by atoms with Crippen molar-refractivity contribution < 1.29 is 9.90 Å². The number of aliphatic hydroxyl groups is 1. The van der Waals surface area contributed by atoms with Crippen LogP contribution in [-0.2, 0) is 11.3 Å². The van der Waals surface area contributed by atoms with E-state index in [-0.39, 0.29) is 17.9 Å². The molecule has 0 spiro atoms. The minimum absolute atomic E-state index is 0.00140. The molecule has 2 atom stereocenters. The Morgan fingerprint density at radius 1 is 1.37 bits per heavy atom. The first-order valence-corrected chi connectivity index (χ1v) is 6.81. The third-order valence-corrected chi connectivity index (χ3v) is 3.47. The van der Waals surface area contributed by atoms with Crippen LogP contribution in [0, 0.1) is 19.8 Å². The van der Waals surface area contributed by atoms with Crippen LogP contribution in [0.5, 0.6) is 0 Å². The molecule has 0 radical (unpaired) electrons. The summed E-state index contributed by atoms with van der Waals surface area (Å²) in [4.78, 5) is 20.6. The first kappa shape index (κ1) is 13.9. The zero-order valence-electron chi connectivity index (χ0n) is 11.5. The van der Waals surface area contributed by atoms with Gasteiger partial charge in [0, 0.05) is 17.3 Å². The highest BCUT2D eigenvalue weighted by atomic mass is 16.3. The van der Waals surface area contributed by atoms with Crippen LogP contribution < -0.4 is 5.32 Å². The molecule has 0 bridgehead atoms. The number of rotatable bonds is 3. The number of nitrogens with zero attached hydrogens (tertiary/aromatic N) is 2. The third-order valence-electron chi connectivity index (χ3n) is 3.47. The monoisotopic (exact) mass is 263 g/mol. The average Bonchev–Trinajstić information content (AvgIpc) is 2.35. The first-order valence-electron chi connectivity index (χ1n) is 6.81. The van der Waals surface area contributed by atoms with Crippen LogP contribution in [0.3, 0.4) is 0 Å². The molecule has 1 aromatic rings. The molecule has 1 aromatic heterocycles. The molecule has 19 heavy (non-hydrogen) atoms. The number of aryl methyl sites for hydroxylation is 2. The van der Waals surface area contributed by atoms with Crippen molar-refractivity contribution in [3.8, 4) is 0 Å². The van der Waals surface area contributed by atoms with Gasteiger partial charge in [-0.25, -0.2) is 9.97 Å². The van der Waals surface area contributed by atoms with Crippen molar-refractivity contribution >= 4 is 5.91 Å². The number of hydrogen-bond donors (Lipinski definition) is 2. The summed E-state index contributed by atoms with van der Waals surface area (Å²) < 4.78 is 0. The van der Waals surface area contributed by atoms with Gasteiger partial charge in [0.2, 0.25) is 5.91 Å². The lowest BCUT2D eigenvalue weighted by atomic mass is 9.87. The highest BCUT2D eigenvalue weighted by molar-refractivity contribution is 5.78. The Kier molecular flexibility index (Phi) is 4.47. The number of nitrogens with one attached hydrogen (secondary N) is 1. The molecule has 0 aromatic carbocycles. The second-order valence-electron chi connectivity index (χ2n) is 5.30. The fourth-order valence-corrected chi connectivity index (χ4v) is 2.59. The molecule has 1 fully saturated rings. The second-order valence-corrected chi connectivity index (χ2v) is 5.30. The van der Waals surface area contributed by atoms with E-state index >= 15 is 0 Å². The van der Waals surface area contributed by atoms with Gasteiger partial charge in [-0.2, -0.15) is 0 Å². The molecule has 0 aliphatic heterocycles. The summed E-state index contributed by atoms with van der Waals surface area (Å²) in [5.41, 5.74) is 1.81. The third kappa shape index (κ3) is 3.99. The Bertz CT molecular complexity index is 442. The summed E-state index contributed by atoms with van der Waals surface area (Å²) in [6.45, 7) is 4.18. The first-order chi connectivity index (χ1) is 9.04. The lowest BCUT2D eigenvalue weighted by Crippen LogP contribution is -2.35. The van der Waals surface area contributed by atoms with E-state index in [2.05, 4.69) is 15.3 Å². The predicted molar refractivity (Wildman–Crippen MR) is 71.3 cm³/mol. The number of aliphatic hydroxyl groups excluding tert-OH is 1. The molecule has 1 aliphatic carbocycles. The molecule has 1 saturated carbocycles. The smallest absolute Gasteiger partial charge is 0.223 e. The van der Waals surface area contributed by atoms with E-state index < -0.39 is 0 Å². The Morgan fingerprint density at radius 2 is 2.05 bits per heavy atom. The standard InChI is InChI=1S/C14H21N3O2/c1-9-6-10(2)17-13(16-9)8-15-14(19)11-4-3-5-12(18)7-11/h6,11-12,18H,3-5,7-8H2,1-2H3,(H,15,19)/t11-,12-/m1/s1. The molecular formula is C14H21N3O2. The number of amides is 1. The van der Waals surface area contributed by atoms with Crippen molar-refractivity contribution in [2.24, 2.45) is 5.92 Å². The maximum Gasteiger partial charge on any atom is 0.223 e. The zero-order chi connectivity index (χ0) is 13.8. The van der Waals surface area contributed by atoms with Gasteiger partial charge in [0.15, 0.2) is 0 Å². The van der Waals surface area contributed by atoms with Crippen LogP contribution in [-0.4, -0.2) is 27.1 Å². The summed E-state index contributed by atoms with van der Waals surface area (Å²) in [5.74, 6) is 0.568. The average molecular weight is 263 g/mol. The molecule has 104 valence electrons.